The van der Waals surface area contributed by atoms with Crippen LogP contribution in [0.25, 0.3) is 0 Å². The molecule has 0 spiro atoms. The number of benzene rings is 2. The molecule has 2 nitrogen and oxygen atoms in total. The van der Waals surface area contributed by atoms with E-state index >= 15 is 0 Å². The maximum absolute atomic E-state index is 12.3. The van der Waals surface area contributed by atoms with E-state index in [1.165, 1.54) is 6.07 Å². The van der Waals surface area contributed by atoms with Crippen molar-refractivity contribution in [1.29, 1.82) is 0 Å². The lowest BCUT2D eigenvalue weighted by Crippen LogP contribution is -2.06. The van der Waals surface area contributed by atoms with Gasteiger partial charge in [0.1, 0.15) is 0 Å². The maximum Gasteiger partial charge on any atom is 0.196 e. The molecule has 0 aliphatic rings. The topological polar surface area (TPSA) is 43.1 Å². The van der Waals surface area contributed by atoms with Crippen molar-refractivity contribution in [1.82, 2.24) is 0 Å². The van der Waals surface area contributed by atoms with Crippen LogP contribution < -0.4 is 5.73 Å². The molecule has 0 saturated heterocycles. The summed E-state index contributed by atoms with van der Waals surface area (Å²) in [6.07, 6.45) is 0. The zero-order chi connectivity index (χ0) is 13.3. The first-order valence-electron chi connectivity index (χ1n) is 5.04. The number of carbonyl (C=O) groups excluding carboxylic acids is 1. The highest BCUT2D eigenvalue weighted by atomic mass is 35.5. The lowest BCUT2D eigenvalue weighted by molar-refractivity contribution is 0.103. The normalized spacial score (nSPS) is 10.4. The van der Waals surface area contributed by atoms with E-state index in [0.717, 1.165) is 0 Å². The first-order valence-corrected chi connectivity index (χ1v) is 6.18. The van der Waals surface area contributed by atoms with Crippen LogP contribution in [0.2, 0.25) is 15.1 Å². The molecule has 0 aliphatic carbocycles. The Morgan fingerprint density at radius 1 is 1.00 bits per heavy atom. The molecule has 18 heavy (non-hydrogen) atoms. The summed E-state index contributed by atoms with van der Waals surface area (Å²) in [7, 11) is 0. The lowest BCUT2D eigenvalue weighted by atomic mass is 10.0. The molecule has 2 rings (SSSR count). The van der Waals surface area contributed by atoms with Crippen LogP contribution in [0.1, 0.15) is 15.9 Å². The van der Waals surface area contributed by atoms with Gasteiger partial charge in [-0.25, -0.2) is 0 Å². The van der Waals surface area contributed by atoms with Crippen molar-refractivity contribution in [3.05, 3.63) is 62.6 Å². The Bertz CT molecular complexity index is 626. The Labute approximate surface area is 119 Å². The van der Waals surface area contributed by atoms with Crippen LogP contribution in [0.4, 0.5) is 5.69 Å². The van der Waals surface area contributed by atoms with Gasteiger partial charge in [0.25, 0.3) is 0 Å². The predicted molar refractivity (Wildman–Crippen MR) is 75.8 cm³/mol. The summed E-state index contributed by atoms with van der Waals surface area (Å²) >= 11 is 17.7. The summed E-state index contributed by atoms with van der Waals surface area (Å²) in [5.41, 5.74) is 6.74. The highest BCUT2D eigenvalue weighted by molar-refractivity contribution is 6.44. The summed E-state index contributed by atoms with van der Waals surface area (Å²) in [5, 5.41) is 1.02. The van der Waals surface area contributed by atoms with Crippen molar-refractivity contribution in [3.63, 3.8) is 0 Å². The van der Waals surface area contributed by atoms with Gasteiger partial charge in [0.05, 0.1) is 10.0 Å². The van der Waals surface area contributed by atoms with E-state index in [-0.39, 0.29) is 10.8 Å². The monoisotopic (exact) mass is 299 g/mol. The van der Waals surface area contributed by atoms with Gasteiger partial charge in [-0.3, -0.25) is 4.79 Å². The molecule has 0 amide bonds. The molecule has 0 atom stereocenters. The van der Waals surface area contributed by atoms with Crippen LogP contribution in [-0.4, -0.2) is 5.78 Å². The molecule has 0 saturated carbocycles. The fourth-order valence-corrected chi connectivity index (χ4v) is 2.13. The number of nitrogens with two attached hydrogens (primary N) is 1. The van der Waals surface area contributed by atoms with Crippen LogP contribution in [0, 0.1) is 0 Å². The van der Waals surface area contributed by atoms with E-state index in [2.05, 4.69) is 0 Å². The van der Waals surface area contributed by atoms with Crippen molar-refractivity contribution >= 4 is 46.3 Å². The minimum atomic E-state index is -0.281. The molecule has 2 aromatic carbocycles. The summed E-state index contributed by atoms with van der Waals surface area (Å²) in [4.78, 5) is 12.3. The largest absolute Gasteiger partial charge is 0.398 e. The second kappa shape index (κ2) is 5.19. The Morgan fingerprint density at radius 3 is 2.39 bits per heavy atom. The van der Waals surface area contributed by atoms with Gasteiger partial charge < -0.3 is 5.73 Å². The molecule has 0 aromatic heterocycles. The quantitative estimate of drug-likeness (QED) is 0.657. The molecule has 0 radical (unpaired) electrons. The number of carbonyl (C=O) groups is 1. The summed E-state index contributed by atoms with van der Waals surface area (Å²) in [5.74, 6) is -0.281. The second-order valence-electron chi connectivity index (χ2n) is 3.66. The molecular formula is C13H8Cl3NO. The molecule has 0 aliphatic heterocycles. The van der Waals surface area contributed by atoms with E-state index in [1.807, 2.05) is 0 Å². The van der Waals surface area contributed by atoms with E-state index in [9.17, 15) is 4.79 Å². The molecule has 2 aromatic rings. The van der Waals surface area contributed by atoms with Crippen LogP contribution >= 0.6 is 34.8 Å². The van der Waals surface area contributed by atoms with E-state index in [4.69, 9.17) is 40.5 Å². The predicted octanol–water partition coefficient (Wildman–Crippen LogP) is 4.46. The highest BCUT2D eigenvalue weighted by Gasteiger charge is 2.16. The van der Waals surface area contributed by atoms with Gasteiger partial charge in [-0.05, 0) is 30.3 Å². The zero-order valence-corrected chi connectivity index (χ0v) is 11.4. The third-order valence-corrected chi connectivity index (χ3v) is 3.51. The molecule has 0 heterocycles. The van der Waals surface area contributed by atoms with E-state index in [1.54, 1.807) is 30.3 Å². The number of hydrogen-bond donors (Lipinski definition) is 1. The Morgan fingerprint density at radius 2 is 1.72 bits per heavy atom. The lowest BCUT2D eigenvalue weighted by Gasteiger charge is -2.07. The molecule has 0 bridgehead atoms. The third kappa shape index (κ3) is 2.46. The van der Waals surface area contributed by atoms with E-state index < -0.39 is 0 Å². The number of hydrogen-bond acceptors (Lipinski definition) is 2. The van der Waals surface area contributed by atoms with Crippen LogP contribution in [0.5, 0.6) is 0 Å². The van der Waals surface area contributed by atoms with E-state index in [0.29, 0.717) is 26.9 Å². The molecular weight excluding hydrogens is 293 g/mol. The smallest absolute Gasteiger partial charge is 0.196 e. The van der Waals surface area contributed by atoms with Gasteiger partial charge in [0, 0.05) is 21.8 Å². The third-order valence-electron chi connectivity index (χ3n) is 2.45. The first-order chi connectivity index (χ1) is 8.50. The number of ketones is 1. The van der Waals surface area contributed by atoms with Crippen LogP contribution in [0.15, 0.2) is 36.4 Å². The van der Waals surface area contributed by atoms with Gasteiger partial charge in [-0.2, -0.15) is 0 Å². The SMILES string of the molecule is Nc1cc(Cl)ccc1C(=O)c1cccc(Cl)c1Cl. The summed E-state index contributed by atoms with van der Waals surface area (Å²) in [6.45, 7) is 0. The minimum Gasteiger partial charge on any atom is -0.398 e. The summed E-state index contributed by atoms with van der Waals surface area (Å²) in [6, 6.07) is 9.57. The van der Waals surface area contributed by atoms with Crippen molar-refractivity contribution in [3.8, 4) is 0 Å². The second-order valence-corrected chi connectivity index (χ2v) is 4.88. The number of anilines is 1. The molecule has 92 valence electrons. The van der Waals surface area contributed by atoms with Gasteiger partial charge in [0.2, 0.25) is 0 Å². The van der Waals surface area contributed by atoms with Gasteiger partial charge >= 0.3 is 0 Å². The Kier molecular flexibility index (Phi) is 3.81. The molecule has 0 unspecified atom stereocenters. The van der Waals surface area contributed by atoms with Gasteiger partial charge in [-0.15, -0.1) is 0 Å². The fraction of sp³-hybridized carbons (Fsp3) is 0. The molecule has 2 N–H and O–H groups in total. The standard InChI is InChI=1S/C13H8Cl3NO/c14-7-4-5-8(11(17)6-7)13(18)9-2-1-3-10(15)12(9)16/h1-6H,17H2. The average Bonchev–Trinajstić information content (AvgIpc) is 2.32. The minimum absolute atomic E-state index is 0.221. The average molecular weight is 301 g/mol. The van der Waals surface area contributed by atoms with Crippen molar-refractivity contribution in [2.45, 2.75) is 0 Å². The summed E-state index contributed by atoms with van der Waals surface area (Å²) < 4.78 is 0. The van der Waals surface area contributed by atoms with Crippen LogP contribution in [-0.2, 0) is 0 Å². The number of rotatable bonds is 2. The fourth-order valence-electron chi connectivity index (χ4n) is 1.56. The Hall–Kier alpha value is -1.22. The molecule has 5 heteroatoms. The first kappa shape index (κ1) is 13.2. The Balaban J connectivity index is 2.51. The maximum atomic E-state index is 12.3. The van der Waals surface area contributed by atoms with Gasteiger partial charge in [-0.1, -0.05) is 40.9 Å². The van der Waals surface area contributed by atoms with Crippen molar-refractivity contribution in [2.24, 2.45) is 0 Å². The van der Waals surface area contributed by atoms with Crippen molar-refractivity contribution in [2.75, 3.05) is 5.73 Å². The zero-order valence-electron chi connectivity index (χ0n) is 9.08. The van der Waals surface area contributed by atoms with Crippen LogP contribution in [0.3, 0.4) is 0 Å². The molecule has 0 fully saturated rings. The van der Waals surface area contributed by atoms with Gasteiger partial charge in [0.15, 0.2) is 5.78 Å². The number of halogens is 3. The number of nitrogen functional groups attached to an aromatic ring is 1. The van der Waals surface area contributed by atoms with Crippen molar-refractivity contribution < 1.29 is 4.79 Å². The highest BCUT2D eigenvalue weighted by Crippen LogP contribution is 2.29.